The van der Waals surface area contributed by atoms with E-state index in [2.05, 4.69) is 20.8 Å². The maximum Gasteiger partial charge on any atom is 0.0701 e. The van der Waals surface area contributed by atoms with Crippen molar-refractivity contribution in [2.75, 3.05) is 93.0 Å². The molecule has 0 N–H and O–H groups in total. The molecule has 0 heterocycles. The van der Waals surface area contributed by atoms with Crippen LogP contribution in [-0.2, 0) is 33.2 Å². The van der Waals surface area contributed by atoms with Crippen molar-refractivity contribution in [1.29, 1.82) is 0 Å². The van der Waals surface area contributed by atoms with Crippen molar-refractivity contribution in [2.45, 2.75) is 27.2 Å². The van der Waals surface area contributed by atoms with Gasteiger partial charge in [0.15, 0.2) is 0 Å². The maximum absolute atomic E-state index is 5.52. The monoisotopic (exact) mass is 380 g/mol. The molecule has 0 spiro atoms. The molecule has 0 atom stereocenters. The number of hydrogen-bond acceptors (Lipinski definition) is 7. The SMILES string of the molecule is COCCOCCOCCOCCOCCOCCOCCC(C)(C)C. The molecule has 158 valence electrons. The summed E-state index contributed by atoms with van der Waals surface area (Å²) in [4.78, 5) is 0. The second kappa shape index (κ2) is 19.5. The molecule has 0 aromatic carbocycles. The largest absolute Gasteiger partial charge is 0.382 e. The third kappa shape index (κ3) is 23.7. The maximum atomic E-state index is 5.52. The topological polar surface area (TPSA) is 64.6 Å². The number of rotatable bonds is 20. The van der Waals surface area contributed by atoms with E-state index in [1.165, 1.54) is 0 Å². The van der Waals surface area contributed by atoms with Gasteiger partial charge in [0.05, 0.1) is 79.3 Å². The van der Waals surface area contributed by atoms with E-state index in [-0.39, 0.29) is 0 Å². The van der Waals surface area contributed by atoms with E-state index in [4.69, 9.17) is 33.2 Å². The van der Waals surface area contributed by atoms with Crippen LogP contribution in [0.1, 0.15) is 27.2 Å². The van der Waals surface area contributed by atoms with Gasteiger partial charge in [-0.2, -0.15) is 0 Å². The summed E-state index contributed by atoms with van der Waals surface area (Å²) >= 11 is 0. The van der Waals surface area contributed by atoms with Crippen LogP contribution in [0.15, 0.2) is 0 Å². The Kier molecular flexibility index (Phi) is 19.3. The molecule has 0 unspecified atom stereocenters. The third-order valence-corrected chi connectivity index (χ3v) is 3.29. The van der Waals surface area contributed by atoms with Gasteiger partial charge in [-0.3, -0.25) is 0 Å². The van der Waals surface area contributed by atoms with Gasteiger partial charge >= 0.3 is 0 Å². The number of methoxy groups -OCH3 is 1. The van der Waals surface area contributed by atoms with Crippen LogP contribution in [0.3, 0.4) is 0 Å². The van der Waals surface area contributed by atoms with Crippen LogP contribution in [-0.4, -0.2) is 93.0 Å². The minimum atomic E-state index is 0.321. The van der Waals surface area contributed by atoms with Crippen LogP contribution in [0.5, 0.6) is 0 Å². The van der Waals surface area contributed by atoms with Gasteiger partial charge in [-0.1, -0.05) is 20.8 Å². The molecule has 0 aliphatic rings. The fourth-order valence-corrected chi connectivity index (χ4v) is 1.72. The van der Waals surface area contributed by atoms with Gasteiger partial charge in [0, 0.05) is 13.7 Å². The summed E-state index contributed by atoms with van der Waals surface area (Å²) in [7, 11) is 1.65. The summed E-state index contributed by atoms with van der Waals surface area (Å²) in [5.41, 5.74) is 0.321. The predicted molar refractivity (Wildman–Crippen MR) is 101 cm³/mol. The van der Waals surface area contributed by atoms with Crippen LogP contribution in [0.25, 0.3) is 0 Å². The van der Waals surface area contributed by atoms with E-state index < -0.39 is 0 Å². The molecule has 0 saturated carbocycles. The van der Waals surface area contributed by atoms with Crippen molar-refractivity contribution in [2.24, 2.45) is 5.41 Å². The Bertz CT molecular complexity index is 269. The Labute approximate surface area is 159 Å². The van der Waals surface area contributed by atoms with Crippen molar-refractivity contribution in [3.63, 3.8) is 0 Å². The smallest absolute Gasteiger partial charge is 0.0701 e. The van der Waals surface area contributed by atoms with E-state index in [1.807, 2.05) is 0 Å². The molecule has 26 heavy (non-hydrogen) atoms. The van der Waals surface area contributed by atoms with Gasteiger partial charge in [0.1, 0.15) is 0 Å². The van der Waals surface area contributed by atoms with Crippen LogP contribution >= 0.6 is 0 Å². The lowest BCUT2D eigenvalue weighted by Gasteiger charge is -2.17. The summed E-state index contributed by atoms with van der Waals surface area (Å²) in [5.74, 6) is 0. The zero-order chi connectivity index (χ0) is 19.3. The molecular weight excluding hydrogens is 340 g/mol. The third-order valence-electron chi connectivity index (χ3n) is 3.29. The van der Waals surface area contributed by atoms with Gasteiger partial charge in [-0.15, -0.1) is 0 Å². The molecule has 0 aromatic rings. The van der Waals surface area contributed by atoms with Crippen LogP contribution in [0.2, 0.25) is 0 Å². The average Bonchev–Trinajstić information content (AvgIpc) is 2.59. The minimum absolute atomic E-state index is 0.321. The Morgan fingerprint density at radius 2 is 0.692 bits per heavy atom. The normalized spacial score (nSPS) is 12.0. The Balaban J connectivity index is 3.01. The first-order valence-corrected chi connectivity index (χ1v) is 9.51. The molecule has 0 fully saturated rings. The van der Waals surface area contributed by atoms with Gasteiger partial charge in [0.2, 0.25) is 0 Å². The van der Waals surface area contributed by atoms with Gasteiger partial charge in [-0.05, 0) is 11.8 Å². The highest BCUT2D eigenvalue weighted by Crippen LogP contribution is 2.17. The zero-order valence-electron chi connectivity index (χ0n) is 17.3. The summed E-state index contributed by atoms with van der Waals surface area (Å²) in [5, 5.41) is 0. The molecule has 0 aromatic heterocycles. The van der Waals surface area contributed by atoms with E-state index in [9.17, 15) is 0 Å². The van der Waals surface area contributed by atoms with E-state index in [1.54, 1.807) is 7.11 Å². The Hall–Kier alpha value is -0.280. The summed E-state index contributed by atoms with van der Waals surface area (Å²) in [6.45, 7) is 14.4. The second-order valence-corrected chi connectivity index (χ2v) is 6.98. The minimum Gasteiger partial charge on any atom is -0.382 e. The molecular formula is C19H40O7. The zero-order valence-corrected chi connectivity index (χ0v) is 17.3. The van der Waals surface area contributed by atoms with Gasteiger partial charge in [-0.25, -0.2) is 0 Å². The molecule has 7 heteroatoms. The van der Waals surface area contributed by atoms with Gasteiger partial charge < -0.3 is 33.2 Å². The summed E-state index contributed by atoms with van der Waals surface area (Å²) in [6, 6.07) is 0. The molecule has 0 saturated heterocycles. The first-order valence-electron chi connectivity index (χ1n) is 9.51. The van der Waals surface area contributed by atoms with Crippen molar-refractivity contribution in [3.8, 4) is 0 Å². The lowest BCUT2D eigenvalue weighted by Crippen LogP contribution is -2.15. The molecule has 0 radical (unpaired) electrons. The molecule has 0 rings (SSSR count). The highest BCUT2D eigenvalue weighted by molar-refractivity contribution is 4.59. The van der Waals surface area contributed by atoms with E-state index in [0.717, 1.165) is 13.0 Å². The van der Waals surface area contributed by atoms with Crippen molar-refractivity contribution in [1.82, 2.24) is 0 Å². The number of ether oxygens (including phenoxy) is 7. The lowest BCUT2D eigenvalue weighted by molar-refractivity contribution is -0.0197. The van der Waals surface area contributed by atoms with E-state index >= 15 is 0 Å². The lowest BCUT2D eigenvalue weighted by atomic mass is 9.93. The molecule has 7 nitrogen and oxygen atoms in total. The summed E-state index contributed by atoms with van der Waals surface area (Å²) < 4.78 is 37.3. The first-order chi connectivity index (χ1) is 12.6. The summed E-state index contributed by atoms with van der Waals surface area (Å²) in [6.07, 6.45) is 1.06. The van der Waals surface area contributed by atoms with Crippen molar-refractivity contribution >= 4 is 0 Å². The van der Waals surface area contributed by atoms with Crippen LogP contribution in [0, 0.1) is 5.41 Å². The molecule has 0 aliphatic heterocycles. The fraction of sp³-hybridized carbons (Fsp3) is 1.00. The quantitative estimate of drug-likeness (QED) is 0.300. The Morgan fingerprint density at radius 3 is 0.962 bits per heavy atom. The second-order valence-electron chi connectivity index (χ2n) is 6.98. The predicted octanol–water partition coefficient (Wildman–Crippen LogP) is 2.17. The van der Waals surface area contributed by atoms with Crippen LogP contribution < -0.4 is 0 Å². The molecule has 0 aliphatic carbocycles. The highest BCUT2D eigenvalue weighted by atomic mass is 16.6. The standard InChI is InChI=1S/C19H40O7/c1-19(2,3)5-6-21-9-10-23-13-14-25-17-18-26-16-15-24-12-11-22-8-7-20-4/h5-18H2,1-4H3. The highest BCUT2D eigenvalue weighted by Gasteiger charge is 2.08. The van der Waals surface area contributed by atoms with Gasteiger partial charge in [0.25, 0.3) is 0 Å². The molecule has 0 amide bonds. The Morgan fingerprint density at radius 1 is 0.423 bits per heavy atom. The average molecular weight is 381 g/mol. The fourth-order valence-electron chi connectivity index (χ4n) is 1.72. The first kappa shape index (κ1) is 25.7. The molecule has 0 bridgehead atoms. The van der Waals surface area contributed by atoms with E-state index in [0.29, 0.717) is 84.7 Å². The van der Waals surface area contributed by atoms with Crippen LogP contribution in [0.4, 0.5) is 0 Å². The van der Waals surface area contributed by atoms with Crippen molar-refractivity contribution in [3.05, 3.63) is 0 Å². The number of hydrogen-bond donors (Lipinski definition) is 0. The van der Waals surface area contributed by atoms with Crippen molar-refractivity contribution < 1.29 is 33.2 Å².